The quantitative estimate of drug-likeness (QED) is 0.293. The van der Waals surface area contributed by atoms with Crippen molar-refractivity contribution in [2.24, 2.45) is 0 Å². The van der Waals surface area contributed by atoms with Crippen molar-refractivity contribution < 1.29 is 18.8 Å². The fraction of sp³-hybridized carbons (Fsp3) is 0.167. The topological polar surface area (TPSA) is 99.4 Å². The molecule has 0 aliphatic heterocycles. The van der Waals surface area contributed by atoms with E-state index >= 15 is 0 Å². The molecule has 0 bridgehead atoms. The van der Waals surface area contributed by atoms with Gasteiger partial charge in [-0.05, 0) is 49.4 Å². The fourth-order valence-corrected chi connectivity index (χ4v) is 3.43. The van der Waals surface area contributed by atoms with Crippen LogP contribution in [0.15, 0.2) is 65.3 Å². The van der Waals surface area contributed by atoms with Crippen LogP contribution in [0.1, 0.15) is 19.2 Å². The molecule has 34 heavy (non-hydrogen) atoms. The number of hydrogen-bond donors (Lipinski definition) is 1. The summed E-state index contributed by atoms with van der Waals surface area (Å²) < 4.78 is 16.5. The molecule has 2 aromatic heterocycles. The number of para-hydroxylation sites is 2. The summed E-state index contributed by atoms with van der Waals surface area (Å²) in [5.41, 5.74) is 1.27. The lowest BCUT2D eigenvalue weighted by molar-refractivity contribution is -0.116. The van der Waals surface area contributed by atoms with Crippen molar-refractivity contribution in [3.63, 3.8) is 0 Å². The Morgan fingerprint density at radius 1 is 1.12 bits per heavy atom. The van der Waals surface area contributed by atoms with Gasteiger partial charge in [0.05, 0.1) is 17.3 Å². The molecule has 8 nitrogen and oxygen atoms in total. The van der Waals surface area contributed by atoms with Gasteiger partial charge in [0.1, 0.15) is 10.8 Å². The molecule has 10 heteroatoms. The van der Waals surface area contributed by atoms with E-state index in [1.165, 1.54) is 12.3 Å². The van der Waals surface area contributed by atoms with Gasteiger partial charge in [-0.1, -0.05) is 40.5 Å². The van der Waals surface area contributed by atoms with Crippen LogP contribution >= 0.6 is 23.2 Å². The number of nitrogens with one attached hydrogen (secondary N) is 1. The largest absolute Gasteiger partial charge is 0.494 e. The van der Waals surface area contributed by atoms with E-state index in [0.717, 1.165) is 11.3 Å². The molecular weight excluding hydrogens is 479 g/mol. The molecule has 0 atom stereocenters. The van der Waals surface area contributed by atoms with Gasteiger partial charge >= 0.3 is 0 Å². The van der Waals surface area contributed by atoms with Crippen molar-refractivity contribution in [2.45, 2.75) is 19.8 Å². The third-order valence-electron chi connectivity index (χ3n) is 4.60. The van der Waals surface area contributed by atoms with Crippen LogP contribution in [0.3, 0.4) is 0 Å². The van der Waals surface area contributed by atoms with E-state index in [0.29, 0.717) is 34.8 Å². The lowest BCUT2D eigenvalue weighted by atomic mass is 10.2. The van der Waals surface area contributed by atoms with E-state index in [9.17, 15) is 4.79 Å². The molecule has 174 valence electrons. The van der Waals surface area contributed by atoms with Gasteiger partial charge in [0.15, 0.2) is 5.75 Å². The number of ether oxygens (including phenoxy) is 2. The van der Waals surface area contributed by atoms with Gasteiger partial charge in [0.2, 0.25) is 23.5 Å². The van der Waals surface area contributed by atoms with Crippen molar-refractivity contribution in [2.75, 3.05) is 11.9 Å². The number of benzene rings is 2. The van der Waals surface area contributed by atoms with Crippen LogP contribution in [-0.2, 0) is 11.2 Å². The Hall–Kier alpha value is -3.62. The summed E-state index contributed by atoms with van der Waals surface area (Å²) in [4.78, 5) is 21.0. The van der Waals surface area contributed by atoms with Gasteiger partial charge in [-0.3, -0.25) is 4.79 Å². The molecule has 0 fully saturated rings. The average molecular weight is 499 g/mol. The normalized spacial score (nSPS) is 10.7. The van der Waals surface area contributed by atoms with Crippen molar-refractivity contribution >= 4 is 34.8 Å². The third-order valence-corrected chi connectivity index (χ3v) is 5.08. The fourth-order valence-electron chi connectivity index (χ4n) is 3.01. The van der Waals surface area contributed by atoms with Gasteiger partial charge in [0.25, 0.3) is 0 Å². The molecule has 4 aromatic rings. The van der Waals surface area contributed by atoms with Gasteiger partial charge in [-0.15, -0.1) is 0 Å². The highest BCUT2D eigenvalue weighted by molar-refractivity contribution is 6.35. The van der Waals surface area contributed by atoms with Crippen LogP contribution < -0.4 is 14.8 Å². The Morgan fingerprint density at radius 3 is 2.68 bits per heavy atom. The molecule has 0 aliphatic rings. The lowest BCUT2D eigenvalue weighted by Gasteiger charge is -2.12. The summed E-state index contributed by atoms with van der Waals surface area (Å²) >= 11 is 12.0. The molecule has 0 unspecified atom stereocenters. The first kappa shape index (κ1) is 23.5. The van der Waals surface area contributed by atoms with Crippen molar-refractivity contribution in [1.82, 2.24) is 15.1 Å². The molecular formula is C24H20Cl2N4O4. The maximum atomic E-state index is 12.5. The minimum Gasteiger partial charge on any atom is -0.494 e. The molecule has 0 spiro atoms. The zero-order valence-corrected chi connectivity index (χ0v) is 19.6. The second-order valence-corrected chi connectivity index (χ2v) is 7.90. The van der Waals surface area contributed by atoms with Crippen LogP contribution in [0.4, 0.5) is 5.69 Å². The molecule has 0 radical (unpaired) electrons. The van der Waals surface area contributed by atoms with Crippen molar-refractivity contribution in [3.8, 4) is 28.8 Å². The lowest BCUT2D eigenvalue weighted by Crippen LogP contribution is -2.13. The zero-order chi connectivity index (χ0) is 23.9. The monoisotopic (exact) mass is 498 g/mol. The minimum atomic E-state index is -0.243. The number of halogens is 2. The number of rotatable bonds is 9. The Balaban J connectivity index is 1.36. The summed E-state index contributed by atoms with van der Waals surface area (Å²) in [5, 5.41) is 7.47. The van der Waals surface area contributed by atoms with Crippen LogP contribution in [0.5, 0.6) is 17.4 Å². The van der Waals surface area contributed by atoms with Crippen LogP contribution in [0, 0.1) is 0 Å². The smallest absolute Gasteiger partial charge is 0.238 e. The number of carbonyl (C=O) groups is 1. The van der Waals surface area contributed by atoms with Crippen LogP contribution in [0.2, 0.25) is 10.0 Å². The minimum absolute atomic E-state index is 0.138. The van der Waals surface area contributed by atoms with E-state index < -0.39 is 0 Å². The van der Waals surface area contributed by atoms with Crippen molar-refractivity contribution in [1.29, 1.82) is 0 Å². The van der Waals surface area contributed by atoms with Gasteiger partial charge < -0.3 is 19.3 Å². The first-order valence-corrected chi connectivity index (χ1v) is 11.2. The Labute approximate surface area is 205 Å². The Bertz CT molecular complexity index is 1280. The third kappa shape index (κ3) is 6.03. The number of nitrogens with zero attached hydrogens (tertiary/aromatic N) is 3. The first-order chi connectivity index (χ1) is 16.5. The van der Waals surface area contributed by atoms with Crippen LogP contribution in [0.25, 0.3) is 11.4 Å². The molecule has 2 aromatic carbocycles. The van der Waals surface area contributed by atoms with Crippen molar-refractivity contribution in [3.05, 3.63) is 76.7 Å². The molecule has 4 rings (SSSR count). The highest BCUT2D eigenvalue weighted by Crippen LogP contribution is 2.33. The Kier molecular flexibility index (Phi) is 7.61. The number of carbonyl (C=O) groups excluding carboxylic acids is 1. The standard InChI is InChI=1S/C24H20Cl2N4O4/c1-2-32-17-9-7-15(8-10-17)23-29-22(34-30-23)12-11-21(31)28-19-5-3-4-6-20(19)33-24-18(26)13-16(25)14-27-24/h3-10,13-14H,2,11-12H2,1H3,(H,28,31). The summed E-state index contributed by atoms with van der Waals surface area (Å²) in [6.07, 6.45) is 1.85. The molecule has 0 saturated carbocycles. The molecule has 0 aliphatic carbocycles. The molecule has 0 saturated heterocycles. The van der Waals surface area contributed by atoms with Gasteiger partial charge in [-0.25, -0.2) is 4.98 Å². The highest BCUT2D eigenvalue weighted by Gasteiger charge is 2.14. The summed E-state index contributed by atoms with van der Waals surface area (Å²) in [6.45, 7) is 2.52. The maximum absolute atomic E-state index is 12.5. The van der Waals surface area contributed by atoms with E-state index in [4.69, 9.17) is 37.2 Å². The SMILES string of the molecule is CCOc1ccc(-c2noc(CCC(=O)Nc3ccccc3Oc3ncc(Cl)cc3Cl)n2)cc1. The van der Waals surface area contributed by atoms with E-state index in [1.54, 1.807) is 24.3 Å². The highest BCUT2D eigenvalue weighted by atomic mass is 35.5. The predicted octanol–water partition coefficient (Wildman–Crippen LogP) is 6.20. The number of amides is 1. The Morgan fingerprint density at radius 2 is 1.91 bits per heavy atom. The summed E-state index contributed by atoms with van der Waals surface area (Å²) in [5.74, 6) is 1.91. The average Bonchev–Trinajstić information content (AvgIpc) is 3.30. The van der Waals surface area contributed by atoms with E-state index in [2.05, 4.69) is 20.4 Å². The van der Waals surface area contributed by atoms with Gasteiger partial charge in [0, 0.05) is 24.6 Å². The number of aromatic nitrogens is 3. The molecule has 2 heterocycles. The van der Waals surface area contributed by atoms with Crippen LogP contribution in [-0.4, -0.2) is 27.6 Å². The summed E-state index contributed by atoms with van der Waals surface area (Å²) in [6, 6.07) is 15.9. The van der Waals surface area contributed by atoms with E-state index in [1.807, 2.05) is 31.2 Å². The number of aryl methyl sites for hydroxylation is 1. The van der Waals surface area contributed by atoms with Gasteiger partial charge in [-0.2, -0.15) is 4.98 Å². The van der Waals surface area contributed by atoms with E-state index in [-0.39, 0.29) is 29.7 Å². The second kappa shape index (κ2) is 11.0. The zero-order valence-electron chi connectivity index (χ0n) is 18.1. The summed E-state index contributed by atoms with van der Waals surface area (Å²) in [7, 11) is 0. The number of hydrogen-bond acceptors (Lipinski definition) is 7. The first-order valence-electron chi connectivity index (χ1n) is 10.5. The molecule has 1 amide bonds. The maximum Gasteiger partial charge on any atom is 0.238 e. The second-order valence-electron chi connectivity index (χ2n) is 7.06. The number of anilines is 1. The molecule has 1 N–H and O–H groups in total. The number of pyridine rings is 1. The predicted molar refractivity (Wildman–Crippen MR) is 129 cm³/mol.